The number of halogens is 2. The van der Waals surface area contributed by atoms with Gasteiger partial charge in [-0.05, 0) is 0 Å². The molecule has 160 valence electrons. The van der Waals surface area contributed by atoms with Crippen LogP contribution in [-0.2, 0) is 0 Å². The summed E-state index contributed by atoms with van der Waals surface area (Å²) < 4.78 is 0. The number of nitrogens with one attached hydrogen (secondary N) is 2. The molecule has 0 saturated heterocycles. The Hall–Kier alpha value is -2.12. The van der Waals surface area contributed by atoms with Crippen LogP contribution in [0.4, 0.5) is 0 Å². The number of aromatic hydroxyl groups is 2. The standard InChI is InChI=1S/C16H18Cl2N2O9/c17-4-1-19-15(28)8(10(4)23)7(9-11(24)5(18)2-20-16(9)29)13(26)14(27)12(25)6(22)3-21/h1-2,6-7,12-14,21-22,25-27H,3H2,(H2,19,23,28)(H2,20,24,29)/t6-,12-,13+,14-/m0/s1. The highest BCUT2D eigenvalue weighted by Gasteiger charge is 2.41. The Bertz CT molecular complexity index is 928. The second-order valence-corrected chi connectivity index (χ2v) is 6.97. The Morgan fingerprint density at radius 2 is 1.21 bits per heavy atom. The van der Waals surface area contributed by atoms with E-state index in [-0.39, 0.29) is 10.0 Å². The molecule has 0 bridgehead atoms. The van der Waals surface area contributed by atoms with E-state index in [9.17, 15) is 40.2 Å². The third kappa shape index (κ3) is 4.41. The van der Waals surface area contributed by atoms with E-state index >= 15 is 0 Å². The molecule has 0 amide bonds. The van der Waals surface area contributed by atoms with Crippen LogP contribution in [-0.4, -0.2) is 76.7 Å². The monoisotopic (exact) mass is 452 g/mol. The SMILES string of the molecule is O=c1[nH]cc(Cl)c(O)c1C(c1c(O)c(Cl)c[nH]c1=O)[C@@H](O)[C@@H](O)[C@@H](O)[C@@H](O)CO. The average Bonchev–Trinajstić information content (AvgIpc) is 2.70. The molecule has 11 nitrogen and oxygen atoms in total. The lowest BCUT2D eigenvalue weighted by Gasteiger charge is -2.31. The van der Waals surface area contributed by atoms with Gasteiger partial charge in [0.25, 0.3) is 11.1 Å². The van der Waals surface area contributed by atoms with Gasteiger partial charge in [0.15, 0.2) is 0 Å². The maximum atomic E-state index is 12.4. The van der Waals surface area contributed by atoms with E-state index in [1.165, 1.54) is 0 Å². The molecule has 0 spiro atoms. The Morgan fingerprint density at radius 1 is 0.793 bits per heavy atom. The normalized spacial score (nSPS) is 15.9. The van der Waals surface area contributed by atoms with Crippen molar-refractivity contribution in [2.45, 2.75) is 30.3 Å². The van der Waals surface area contributed by atoms with Crippen LogP contribution in [0.15, 0.2) is 22.0 Å². The summed E-state index contributed by atoms with van der Waals surface area (Å²) in [6.45, 7) is -0.985. The van der Waals surface area contributed by atoms with Crippen molar-refractivity contribution >= 4 is 23.2 Å². The van der Waals surface area contributed by atoms with E-state index in [0.717, 1.165) is 12.4 Å². The number of aromatic nitrogens is 2. The smallest absolute Gasteiger partial charge is 0.255 e. The van der Waals surface area contributed by atoms with Crippen molar-refractivity contribution in [1.82, 2.24) is 9.97 Å². The number of hydrogen-bond acceptors (Lipinski definition) is 9. The number of aliphatic hydroxyl groups is 5. The zero-order chi connectivity index (χ0) is 22.0. The second kappa shape index (κ2) is 9.13. The molecule has 29 heavy (non-hydrogen) atoms. The lowest BCUT2D eigenvalue weighted by Crippen LogP contribution is -2.49. The Morgan fingerprint density at radius 3 is 1.59 bits per heavy atom. The minimum atomic E-state index is -2.26. The number of aromatic amines is 2. The van der Waals surface area contributed by atoms with Crippen molar-refractivity contribution in [1.29, 1.82) is 0 Å². The first kappa shape index (κ1) is 23.2. The van der Waals surface area contributed by atoms with Crippen LogP contribution < -0.4 is 11.1 Å². The van der Waals surface area contributed by atoms with Crippen LogP contribution in [0.5, 0.6) is 11.5 Å². The van der Waals surface area contributed by atoms with Crippen LogP contribution >= 0.6 is 23.2 Å². The van der Waals surface area contributed by atoms with E-state index in [1.807, 2.05) is 0 Å². The summed E-state index contributed by atoms with van der Waals surface area (Å²) in [6.07, 6.45) is -6.68. The molecule has 9 N–H and O–H groups in total. The molecule has 0 aromatic carbocycles. The molecule has 0 unspecified atom stereocenters. The highest BCUT2D eigenvalue weighted by molar-refractivity contribution is 6.32. The van der Waals surface area contributed by atoms with Crippen molar-refractivity contribution in [3.63, 3.8) is 0 Å². The highest BCUT2D eigenvalue weighted by Crippen LogP contribution is 2.40. The molecular weight excluding hydrogens is 435 g/mol. The predicted octanol–water partition coefficient (Wildman–Crippen LogP) is -1.65. The largest absolute Gasteiger partial charge is 0.506 e. The van der Waals surface area contributed by atoms with Gasteiger partial charge >= 0.3 is 0 Å². The lowest BCUT2D eigenvalue weighted by atomic mass is 9.82. The summed E-state index contributed by atoms with van der Waals surface area (Å²) in [5.41, 5.74) is -3.53. The van der Waals surface area contributed by atoms with Gasteiger partial charge in [0.1, 0.15) is 29.8 Å². The van der Waals surface area contributed by atoms with Crippen molar-refractivity contribution < 1.29 is 35.7 Å². The molecule has 4 atom stereocenters. The van der Waals surface area contributed by atoms with Gasteiger partial charge in [-0.1, -0.05) is 23.2 Å². The Labute approximate surface area is 172 Å². The molecule has 0 fully saturated rings. The highest BCUT2D eigenvalue weighted by atomic mass is 35.5. The Kier molecular flexibility index (Phi) is 7.30. The molecular formula is C16H18Cl2N2O9. The van der Waals surface area contributed by atoms with Crippen molar-refractivity contribution in [2.24, 2.45) is 0 Å². The maximum absolute atomic E-state index is 12.4. The summed E-state index contributed by atoms with van der Waals surface area (Å²) in [6, 6.07) is 0. The van der Waals surface area contributed by atoms with Crippen LogP contribution in [0, 0.1) is 0 Å². The molecule has 0 saturated carbocycles. The van der Waals surface area contributed by atoms with Gasteiger partial charge in [-0.3, -0.25) is 9.59 Å². The summed E-state index contributed by atoms with van der Waals surface area (Å²) in [5, 5.41) is 69.0. The minimum absolute atomic E-state index is 0.389. The molecule has 2 heterocycles. The number of hydrogen-bond donors (Lipinski definition) is 9. The number of H-pyrrole nitrogens is 2. The van der Waals surface area contributed by atoms with E-state index in [4.69, 9.17) is 28.3 Å². The first-order chi connectivity index (χ1) is 13.5. The fourth-order valence-electron chi connectivity index (χ4n) is 2.82. The zero-order valence-corrected chi connectivity index (χ0v) is 16.0. The molecule has 2 aromatic rings. The van der Waals surface area contributed by atoms with Crippen LogP contribution in [0.2, 0.25) is 10.0 Å². The second-order valence-electron chi connectivity index (χ2n) is 6.16. The number of aliphatic hydroxyl groups excluding tert-OH is 5. The first-order valence-corrected chi connectivity index (χ1v) is 8.81. The van der Waals surface area contributed by atoms with Crippen LogP contribution in [0.1, 0.15) is 17.0 Å². The average molecular weight is 453 g/mol. The van der Waals surface area contributed by atoms with E-state index in [1.54, 1.807) is 0 Å². The molecule has 0 aliphatic heterocycles. The summed E-state index contributed by atoms with van der Waals surface area (Å²) in [5.74, 6) is -3.71. The molecule has 13 heteroatoms. The maximum Gasteiger partial charge on any atom is 0.255 e. The molecule has 2 rings (SSSR count). The van der Waals surface area contributed by atoms with E-state index in [0.29, 0.717) is 0 Å². The van der Waals surface area contributed by atoms with Gasteiger partial charge in [0.2, 0.25) is 0 Å². The first-order valence-electron chi connectivity index (χ1n) is 8.06. The topological polar surface area (TPSA) is 207 Å². The van der Waals surface area contributed by atoms with Crippen molar-refractivity contribution in [3.8, 4) is 11.5 Å². The Balaban J connectivity index is 2.79. The third-order valence-electron chi connectivity index (χ3n) is 4.36. The molecule has 0 aliphatic rings. The summed E-state index contributed by atoms with van der Waals surface area (Å²) >= 11 is 11.6. The van der Waals surface area contributed by atoms with Gasteiger partial charge in [-0.15, -0.1) is 0 Å². The fraction of sp³-hybridized carbons (Fsp3) is 0.375. The molecule has 0 aliphatic carbocycles. The number of pyridine rings is 2. The van der Waals surface area contributed by atoms with Gasteiger partial charge < -0.3 is 45.7 Å². The third-order valence-corrected chi connectivity index (χ3v) is 4.93. The minimum Gasteiger partial charge on any atom is -0.506 e. The summed E-state index contributed by atoms with van der Waals surface area (Å²) in [7, 11) is 0. The zero-order valence-electron chi connectivity index (χ0n) is 14.5. The van der Waals surface area contributed by atoms with Crippen molar-refractivity contribution in [3.05, 3.63) is 54.3 Å². The van der Waals surface area contributed by atoms with Gasteiger partial charge in [0, 0.05) is 12.4 Å². The predicted molar refractivity (Wildman–Crippen MR) is 100 cm³/mol. The van der Waals surface area contributed by atoms with E-state index in [2.05, 4.69) is 9.97 Å². The van der Waals surface area contributed by atoms with Gasteiger partial charge in [-0.25, -0.2) is 0 Å². The van der Waals surface area contributed by atoms with Gasteiger partial charge in [-0.2, -0.15) is 0 Å². The van der Waals surface area contributed by atoms with Crippen molar-refractivity contribution in [2.75, 3.05) is 6.61 Å². The molecule has 0 radical (unpaired) electrons. The fourth-order valence-corrected chi connectivity index (χ4v) is 3.13. The van der Waals surface area contributed by atoms with Crippen LogP contribution in [0.3, 0.4) is 0 Å². The van der Waals surface area contributed by atoms with Gasteiger partial charge in [0.05, 0.1) is 39.8 Å². The molecule has 2 aromatic heterocycles. The summed E-state index contributed by atoms with van der Waals surface area (Å²) in [4.78, 5) is 29.0. The quantitative estimate of drug-likeness (QED) is 0.235. The van der Waals surface area contributed by atoms with E-state index < -0.39 is 70.7 Å². The lowest BCUT2D eigenvalue weighted by molar-refractivity contribution is -0.118. The van der Waals surface area contributed by atoms with Crippen LogP contribution in [0.25, 0.3) is 0 Å². The number of rotatable bonds is 7.